The smallest absolute Gasteiger partial charge is 0.407 e. The molecule has 1 amide bonds. The summed E-state index contributed by atoms with van der Waals surface area (Å²) < 4.78 is 5.54. The van der Waals surface area contributed by atoms with Crippen LogP contribution in [0.1, 0.15) is 19.3 Å². The normalized spacial score (nSPS) is 21.4. The Bertz CT molecular complexity index is 288. The van der Waals surface area contributed by atoms with Crippen LogP contribution in [-0.2, 0) is 4.74 Å². The standard InChI is InChI=1S/C13H28N2O3Si/c1-19(2,3)8-6-15(13(16)17)10-11(14)9-12-5-4-7-18-12/h11-12H,4-10,14H2,1-3H3,(H,16,17)/t11-,12?/m0/s1. The molecule has 5 nitrogen and oxygen atoms in total. The molecule has 1 heterocycles. The molecule has 19 heavy (non-hydrogen) atoms. The van der Waals surface area contributed by atoms with Gasteiger partial charge in [0.1, 0.15) is 0 Å². The first kappa shape index (κ1) is 16.5. The monoisotopic (exact) mass is 288 g/mol. The molecule has 1 fully saturated rings. The number of hydrogen-bond acceptors (Lipinski definition) is 3. The lowest BCUT2D eigenvalue weighted by atomic mass is 10.1. The van der Waals surface area contributed by atoms with E-state index < -0.39 is 14.2 Å². The first-order chi connectivity index (χ1) is 8.78. The number of nitrogens with zero attached hydrogens (tertiary/aromatic N) is 1. The molecule has 1 aliphatic rings. The fourth-order valence-corrected chi connectivity index (χ4v) is 3.20. The van der Waals surface area contributed by atoms with Gasteiger partial charge in [0.05, 0.1) is 6.10 Å². The molecule has 1 rings (SSSR count). The van der Waals surface area contributed by atoms with E-state index in [1.165, 1.54) is 4.90 Å². The number of amides is 1. The van der Waals surface area contributed by atoms with Crippen LogP contribution in [0, 0.1) is 0 Å². The molecular formula is C13H28N2O3Si. The van der Waals surface area contributed by atoms with Crippen LogP contribution in [0.2, 0.25) is 25.7 Å². The van der Waals surface area contributed by atoms with Crippen molar-refractivity contribution >= 4 is 14.2 Å². The molecule has 1 aliphatic heterocycles. The number of ether oxygens (including phenoxy) is 1. The van der Waals surface area contributed by atoms with E-state index in [1.807, 2.05) is 0 Å². The Morgan fingerprint density at radius 2 is 2.21 bits per heavy atom. The van der Waals surface area contributed by atoms with Crippen molar-refractivity contribution in [1.29, 1.82) is 0 Å². The van der Waals surface area contributed by atoms with Gasteiger partial charge in [-0.25, -0.2) is 4.79 Å². The molecular weight excluding hydrogens is 260 g/mol. The molecule has 0 saturated carbocycles. The minimum Gasteiger partial charge on any atom is -0.465 e. The van der Waals surface area contributed by atoms with Crippen molar-refractivity contribution in [3.63, 3.8) is 0 Å². The van der Waals surface area contributed by atoms with Crippen molar-refractivity contribution in [2.24, 2.45) is 5.73 Å². The zero-order chi connectivity index (χ0) is 14.5. The average Bonchev–Trinajstić information content (AvgIpc) is 2.75. The highest BCUT2D eigenvalue weighted by atomic mass is 28.3. The van der Waals surface area contributed by atoms with Crippen LogP contribution in [0.15, 0.2) is 0 Å². The summed E-state index contributed by atoms with van der Waals surface area (Å²) in [5.41, 5.74) is 6.06. The van der Waals surface area contributed by atoms with Gasteiger partial charge < -0.3 is 20.5 Å². The Morgan fingerprint density at radius 1 is 1.53 bits per heavy atom. The largest absolute Gasteiger partial charge is 0.465 e. The number of carboxylic acid groups (broad SMARTS) is 1. The highest BCUT2D eigenvalue weighted by Gasteiger charge is 2.23. The van der Waals surface area contributed by atoms with Gasteiger partial charge in [-0.05, 0) is 25.3 Å². The molecule has 2 atom stereocenters. The predicted molar refractivity (Wildman–Crippen MR) is 79.3 cm³/mol. The molecule has 0 aromatic carbocycles. The molecule has 0 spiro atoms. The van der Waals surface area contributed by atoms with Crippen LogP contribution < -0.4 is 5.73 Å². The molecule has 6 heteroatoms. The molecule has 1 saturated heterocycles. The Kier molecular flexibility index (Phi) is 6.29. The molecule has 0 aromatic heterocycles. The van der Waals surface area contributed by atoms with Crippen molar-refractivity contribution < 1.29 is 14.6 Å². The molecule has 0 aromatic rings. The van der Waals surface area contributed by atoms with E-state index in [1.54, 1.807) is 0 Å². The predicted octanol–water partition coefficient (Wildman–Crippen LogP) is 2.20. The minimum atomic E-state index is -1.22. The van der Waals surface area contributed by atoms with Gasteiger partial charge in [-0.2, -0.15) is 0 Å². The van der Waals surface area contributed by atoms with Crippen LogP contribution in [0.25, 0.3) is 0 Å². The maximum absolute atomic E-state index is 11.2. The van der Waals surface area contributed by atoms with E-state index >= 15 is 0 Å². The van der Waals surface area contributed by atoms with Gasteiger partial charge in [0, 0.05) is 33.8 Å². The van der Waals surface area contributed by atoms with Crippen LogP contribution in [0.4, 0.5) is 4.79 Å². The third kappa shape index (κ3) is 6.94. The van der Waals surface area contributed by atoms with Crippen LogP contribution in [-0.4, -0.2) is 56.0 Å². The van der Waals surface area contributed by atoms with Crippen molar-refractivity contribution in [2.45, 2.75) is 57.1 Å². The van der Waals surface area contributed by atoms with Gasteiger partial charge in [-0.1, -0.05) is 19.6 Å². The van der Waals surface area contributed by atoms with E-state index in [2.05, 4.69) is 19.6 Å². The maximum Gasteiger partial charge on any atom is 0.407 e. The number of carbonyl (C=O) groups is 1. The van der Waals surface area contributed by atoms with Crippen LogP contribution in [0.5, 0.6) is 0 Å². The van der Waals surface area contributed by atoms with Gasteiger partial charge in [-0.3, -0.25) is 0 Å². The number of hydrogen-bond donors (Lipinski definition) is 2. The van der Waals surface area contributed by atoms with Gasteiger partial charge in [0.15, 0.2) is 0 Å². The Morgan fingerprint density at radius 3 is 2.68 bits per heavy atom. The second-order valence-corrected chi connectivity index (χ2v) is 12.3. The van der Waals surface area contributed by atoms with E-state index in [4.69, 9.17) is 10.5 Å². The number of nitrogens with two attached hydrogens (primary N) is 1. The summed E-state index contributed by atoms with van der Waals surface area (Å²) >= 11 is 0. The van der Waals surface area contributed by atoms with Crippen molar-refractivity contribution in [1.82, 2.24) is 4.90 Å². The number of rotatable bonds is 7. The molecule has 112 valence electrons. The zero-order valence-corrected chi connectivity index (χ0v) is 13.4. The average molecular weight is 288 g/mol. The van der Waals surface area contributed by atoms with E-state index in [0.717, 1.165) is 31.9 Å². The highest BCUT2D eigenvalue weighted by Crippen LogP contribution is 2.17. The molecule has 0 radical (unpaired) electrons. The third-order valence-electron chi connectivity index (χ3n) is 3.45. The van der Waals surface area contributed by atoms with Crippen molar-refractivity contribution in [3.05, 3.63) is 0 Å². The zero-order valence-electron chi connectivity index (χ0n) is 12.4. The van der Waals surface area contributed by atoms with E-state index in [-0.39, 0.29) is 12.1 Å². The van der Waals surface area contributed by atoms with Crippen LogP contribution >= 0.6 is 0 Å². The molecule has 1 unspecified atom stereocenters. The Balaban J connectivity index is 2.36. The fraction of sp³-hybridized carbons (Fsp3) is 0.923. The second kappa shape index (κ2) is 7.26. The van der Waals surface area contributed by atoms with E-state index in [0.29, 0.717) is 13.1 Å². The van der Waals surface area contributed by atoms with Crippen LogP contribution in [0.3, 0.4) is 0 Å². The Hall–Kier alpha value is -0.593. The van der Waals surface area contributed by atoms with Crippen molar-refractivity contribution in [2.75, 3.05) is 19.7 Å². The summed E-state index contributed by atoms with van der Waals surface area (Å²) in [6.45, 7) is 8.58. The third-order valence-corrected chi connectivity index (χ3v) is 5.17. The Labute approximate surface area is 117 Å². The van der Waals surface area contributed by atoms with Crippen molar-refractivity contribution in [3.8, 4) is 0 Å². The SMILES string of the molecule is C[Si](C)(C)CCN(C[C@@H](N)CC1CCCO1)C(=O)O. The highest BCUT2D eigenvalue weighted by molar-refractivity contribution is 6.76. The second-order valence-electron chi connectivity index (χ2n) is 6.67. The minimum absolute atomic E-state index is 0.124. The summed E-state index contributed by atoms with van der Waals surface area (Å²) in [6, 6.07) is 0.854. The summed E-state index contributed by atoms with van der Waals surface area (Å²) in [7, 11) is -1.22. The summed E-state index contributed by atoms with van der Waals surface area (Å²) in [5.74, 6) is 0. The van der Waals surface area contributed by atoms with Gasteiger partial charge >= 0.3 is 6.09 Å². The maximum atomic E-state index is 11.2. The topological polar surface area (TPSA) is 75.8 Å². The molecule has 3 N–H and O–H groups in total. The van der Waals surface area contributed by atoms with Gasteiger partial charge in [-0.15, -0.1) is 0 Å². The fourth-order valence-electron chi connectivity index (χ4n) is 2.26. The lowest BCUT2D eigenvalue weighted by Crippen LogP contribution is -2.43. The van der Waals surface area contributed by atoms with Gasteiger partial charge in [0.2, 0.25) is 0 Å². The lowest BCUT2D eigenvalue weighted by molar-refractivity contribution is 0.0917. The summed E-state index contributed by atoms with van der Waals surface area (Å²) in [4.78, 5) is 12.7. The quantitative estimate of drug-likeness (QED) is 0.704. The summed E-state index contributed by atoms with van der Waals surface area (Å²) in [5, 5.41) is 9.23. The lowest BCUT2D eigenvalue weighted by Gasteiger charge is -2.27. The van der Waals surface area contributed by atoms with E-state index in [9.17, 15) is 9.90 Å². The summed E-state index contributed by atoms with van der Waals surface area (Å²) in [6.07, 6.45) is 2.27. The molecule has 0 aliphatic carbocycles. The molecule has 0 bridgehead atoms. The first-order valence-electron chi connectivity index (χ1n) is 7.13. The van der Waals surface area contributed by atoms with Gasteiger partial charge in [0.25, 0.3) is 0 Å². The first-order valence-corrected chi connectivity index (χ1v) is 10.8.